The number of phenols is 1. The summed E-state index contributed by atoms with van der Waals surface area (Å²) < 4.78 is 1.85. The maximum atomic E-state index is 9.48. The van der Waals surface area contributed by atoms with Gasteiger partial charge in [0.2, 0.25) is 0 Å². The molecule has 0 amide bonds. The molecule has 5 nitrogen and oxygen atoms in total. The third-order valence-corrected chi connectivity index (χ3v) is 4.21. The van der Waals surface area contributed by atoms with Gasteiger partial charge in [-0.1, -0.05) is 42.5 Å². The van der Waals surface area contributed by atoms with E-state index < -0.39 is 0 Å². The monoisotopic (exact) mass is 330 g/mol. The smallest absolute Gasteiger partial charge is 0.165 e. The Labute approximate surface area is 145 Å². The Balaban J connectivity index is 1.72. The van der Waals surface area contributed by atoms with Crippen LogP contribution in [0.25, 0.3) is 16.8 Å². The van der Waals surface area contributed by atoms with Crippen LogP contribution in [0.15, 0.2) is 73.1 Å². The normalized spacial score (nSPS) is 10.9. The summed E-state index contributed by atoms with van der Waals surface area (Å²) >= 11 is 0. The minimum atomic E-state index is 0.247. The molecule has 0 unspecified atom stereocenters. The molecular weight excluding hydrogens is 312 g/mol. The molecule has 4 rings (SSSR count). The molecule has 124 valence electrons. The minimum absolute atomic E-state index is 0.247. The molecule has 2 aromatic carbocycles. The zero-order valence-electron chi connectivity index (χ0n) is 13.9. The predicted molar refractivity (Wildman–Crippen MR) is 98.6 cm³/mol. The van der Waals surface area contributed by atoms with E-state index in [9.17, 15) is 5.11 Å². The van der Waals surface area contributed by atoms with Gasteiger partial charge in [0.05, 0.1) is 6.20 Å². The molecule has 0 fully saturated rings. The second-order valence-corrected chi connectivity index (χ2v) is 5.99. The highest BCUT2D eigenvalue weighted by Crippen LogP contribution is 2.27. The van der Waals surface area contributed by atoms with Crippen LogP contribution < -0.4 is 4.90 Å². The van der Waals surface area contributed by atoms with Gasteiger partial charge in [-0.25, -0.2) is 4.98 Å². The molecule has 2 heterocycles. The Hall–Kier alpha value is -3.34. The highest BCUT2D eigenvalue weighted by Gasteiger charge is 2.13. The van der Waals surface area contributed by atoms with Crippen LogP contribution in [-0.2, 0) is 6.54 Å². The van der Waals surface area contributed by atoms with E-state index in [0.29, 0.717) is 0 Å². The number of nitrogens with zero attached hydrogens (tertiary/aromatic N) is 4. The zero-order chi connectivity index (χ0) is 17.2. The Morgan fingerprint density at radius 2 is 1.76 bits per heavy atom. The van der Waals surface area contributed by atoms with Gasteiger partial charge in [0, 0.05) is 25.4 Å². The predicted octanol–water partition coefficient (Wildman–Crippen LogP) is 3.74. The van der Waals surface area contributed by atoms with Gasteiger partial charge in [0.1, 0.15) is 11.6 Å². The van der Waals surface area contributed by atoms with Gasteiger partial charge in [-0.05, 0) is 29.3 Å². The largest absolute Gasteiger partial charge is 0.508 e. The number of anilines is 1. The first-order chi connectivity index (χ1) is 12.2. The fourth-order valence-corrected chi connectivity index (χ4v) is 2.95. The lowest BCUT2D eigenvalue weighted by Gasteiger charge is -2.20. The van der Waals surface area contributed by atoms with Crippen LogP contribution in [0.4, 0.5) is 5.82 Å². The van der Waals surface area contributed by atoms with Crippen LogP contribution in [0.1, 0.15) is 5.56 Å². The lowest BCUT2D eigenvalue weighted by molar-refractivity contribution is 0.475. The van der Waals surface area contributed by atoms with Crippen LogP contribution in [0, 0.1) is 0 Å². The molecule has 4 aromatic rings. The topological polar surface area (TPSA) is 53.7 Å². The van der Waals surface area contributed by atoms with Crippen molar-refractivity contribution < 1.29 is 5.11 Å². The second kappa shape index (κ2) is 6.28. The lowest BCUT2D eigenvalue weighted by atomic mass is 10.1. The van der Waals surface area contributed by atoms with Crippen LogP contribution >= 0.6 is 0 Å². The van der Waals surface area contributed by atoms with Gasteiger partial charge < -0.3 is 10.0 Å². The summed E-state index contributed by atoms with van der Waals surface area (Å²) in [6.07, 6.45) is 3.62. The van der Waals surface area contributed by atoms with E-state index in [1.54, 1.807) is 18.3 Å². The number of aromatic hydroxyl groups is 1. The Morgan fingerprint density at radius 1 is 1.00 bits per heavy atom. The number of hydrogen-bond acceptors (Lipinski definition) is 4. The zero-order valence-corrected chi connectivity index (χ0v) is 13.9. The highest BCUT2D eigenvalue weighted by molar-refractivity contribution is 5.78. The first-order valence-electron chi connectivity index (χ1n) is 8.09. The van der Waals surface area contributed by atoms with Gasteiger partial charge in [-0.2, -0.15) is 9.61 Å². The molecule has 0 saturated heterocycles. The van der Waals surface area contributed by atoms with E-state index in [1.165, 1.54) is 5.56 Å². The van der Waals surface area contributed by atoms with E-state index in [0.717, 1.165) is 29.1 Å². The van der Waals surface area contributed by atoms with Crippen molar-refractivity contribution in [3.05, 3.63) is 78.6 Å². The Bertz CT molecular complexity index is 993. The quantitative estimate of drug-likeness (QED) is 0.619. The summed E-state index contributed by atoms with van der Waals surface area (Å²) in [4.78, 5) is 6.65. The summed E-state index contributed by atoms with van der Waals surface area (Å²) in [5.74, 6) is 1.22. The van der Waals surface area contributed by atoms with Crippen molar-refractivity contribution in [2.24, 2.45) is 0 Å². The van der Waals surface area contributed by atoms with Crippen LogP contribution in [0.3, 0.4) is 0 Å². The summed E-state index contributed by atoms with van der Waals surface area (Å²) in [6.45, 7) is 0.786. The summed E-state index contributed by atoms with van der Waals surface area (Å²) in [5, 5.41) is 14.0. The molecule has 5 heteroatoms. The van der Waals surface area contributed by atoms with Crippen molar-refractivity contribution in [2.45, 2.75) is 6.54 Å². The molecule has 0 aliphatic rings. The van der Waals surface area contributed by atoms with Crippen molar-refractivity contribution in [3.63, 3.8) is 0 Å². The standard InChI is InChI=1S/C20H18N4O/c1-23(14-15-5-3-2-4-6-15)19-11-12-21-20-18(13-22-24(19)20)16-7-9-17(25)10-8-16/h2-13,25H,14H2,1H3. The number of benzene rings is 2. The van der Waals surface area contributed by atoms with Crippen LogP contribution in [0.5, 0.6) is 5.75 Å². The maximum Gasteiger partial charge on any atom is 0.165 e. The fourth-order valence-electron chi connectivity index (χ4n) is 2.95. The third-order valence-electron chi connectivity index (χ3n) is 4.21. The van der Waals surface area contributed by atoms with E-state index in [-0.39, 0.29) is 5.75 Å². The highest BCUT2D eigenvalue weighted by atomic mass is 16.3. The first-order valence-corrected chi connectivity index (χ1v) is 8.09. The molecule has 1 N–H and O–H groups in total. The van der Waals surface area contributed by atoms with E-state index >= 15 is 0 Å². The number of aromatic nitrogens is 3. The molecule has 0 aliphatic carbocycles. The van der Waals surface area contributed by atoms with Crippen LogP contribution in [0.2, 0.25) is 0 Å². The molecule has 25 heavy (non-hydrogen) atoms. The molecule has 0 bridgehead atoms. The second-order valence-electron chi connectivity index (χ2n) is 5.99. The molecular formula is C20H18N4O. The van der Waals surface area contributed by atoms with Crippen molar-refractivity contribution in [2.75, 3.05) is 11.9 Å². The lowest BCUT2D eigenvalue weighted by Crippen LogP contribution is -2.19. The molecule has 0 saturated carbocycles. The Morgan fingerprint density at radius 3 is 2.52 bits per heavy atom. The van der Waals surface area contributed by atoms with Crippen LogP contribution in [-0.4, -0.2) is 26.8 Å². The Kier molecular flexibility index (Phi) is 3.82. The summed E-state index contributed by atoms with van der Waals surface area (Å²) in [6, 6.07) is 19.4. The average Bonchev–Trinajstić information content (AvgIpc) is 3.07. The van der Waals surface area contributed by atoms with Gasteiger partial charge in [0.25, 0.3) is 0 Å². The number of rotatable bonds is 4. The minimum Gasteiger partial charge on any atom is -0.508 e. The molecule has 0 aliphatic heterocycles. The van der Waals surface area contributed by atoms with Crippen molar-refractivity contribution in [1.29, 1.82) is 0 Å². The fraction of sp³-hybridized carbons (Fsp3) is 0.100. The summed E-state index contributed by atoms with van der Waals surface area (Å²) in [5.41, 5.74) is 3.95. The van der Waals surface area contributed by atoms with Gasteiger partial charge in [-0.3, -0.25) is 0 Å². The van der Waals surface area contributed by atoms with E-state index in [2.05, 4.69) is 27.1 Å². The number of phenolic OH excluding ortho intramolecular Hbond substituents is 1. The third kappa shape index (κ3) is 2.92. The van der Waals surface area contributed by atoms with Gasteiger partial charge in [0.15, 0.2) is 5.65 Å². The van der Waals surface area contributed by atoms with Crippen molar-refractivity contribution >= 4 is 11.5 Å². The van der Waals surface area contributed by atoms with E-state index in [1.807, 2.05) is 54.2 Å². The number of hydrogen-bond donors (Lipinski definition) is 1. The van der Waals surface area contributed by atoms with Gasteiger partial charge >= 0.3 is 0 Å². The van der Waals surface area contributed by atoms with E-state index in [4.69, 9.17) is 0 Å². The van der Waals surface area contributed by atoms with Crippen molar-refractivity contribution in [3.8, 4) is 16.9 Å². The van der Waals surface area contributed by atoms with Gasteiger partial charge in [-0.15, -0.1) is 0 Å². The SMILES string of the molecule is CN(Cc1ccccc1)c1ccnc2c(-c3ccc(O)cc3)cnn12. The molecule has 0 spiro atoms. The number of fused-ring (bicyclic) bond motifs is 1. The van der Waals surface area contributed by atoms with Crippen molar-refractivity contribution in [1.82, 2.24) is 14.6 Å². The maximum absolute atomic E-state index is 9.48. The molecule has 2 aromatic heterocycles. The average molecular weight is 330 g/mol. The molecule has 0 atom stereocenters. The molecule has 0 radical (unpaired) electrons. The first kappa shape index (κ1) is 15.2. The summed E-state index contributed by atoms with van der Waals surface area (Å²) in [7, 11) is 2.05.